The standard InChI is InChI=1S/C13H17N3S/c1-3-7-14-10(2)12-9-16-13(17-12)11-6-4-5-8-15-11/h4-6,8-10,14H,3,7H2,1-2H3. The Labute approximate surface area is 106 Å². The van der Waals surface area contributed by atoms with E-state index in [0.717, 1.165) is 23.7 Å². The number of rotatable bonds is 5. The molecule has 1 N–H and O–H groups in total. The summed E-state index contributed by atoms with van der Waals surface area (Å²) in [5.74, 6) is 0. The molecule has 2 rings (SSSR count). The van der Waals surface area contributed by atoms with E-state index in [2.05, 4.69) is 29.1 Å². The second-order valence-electron chi connectivity index (χ2n) is 3.96. The molecule has 90 valence electrons. The Kier molecular flexibility index (Phi) is 4.23. The van der Waals surface area contributed by atoms with Gasteiger partial charge in [0.2, 0.25) is 0 Å². The molecule has 0 bridgehead atoms. The maximum absolute atomic E-state index is 4.43. The Balaban J connectivity index is 2.11. The SMILES string of the molecule is CCCNC(C)c1cnc(-c2ccccn2)s1. The molecule has 1 atom stereocenters. The minimum Gasteiger partial charge on any atom is -0.309 e. The van der Waals surface area contributed by atoms with Gasteiger partial charge in [-0.15, -0.1) is 11.3 Å². The lowest BCUT2D eigenvalue weighted by Gasteiger charge is -2.09. The van der Waals surface area contributed by atoms with E-state index in [4.69, 9.17) is 0 Å². The highest BCUT2D eigenvalue weighted by atomic mass is 32.1. The van der Waals surface area contributed by atoms with Crippen molar-refractivity contribution in [2.24, 2.45) is 0 Å². The molecule has 0 spiro atoms. The maximum atomic E-state index is 4.43. The highest BCUT2D eigenvalue weighted by molar-refractivity contribution is 7.15. The molecule has 0 amide bonds. The van der Waals surface area contributed by atoms with Crippen molar-refractivity contribution in [3.05, 3.63) is 35.5 Å². The molecule has 0 aromatic carbocycles. The third-order valence-electron chi connectivity index (χ3n) is 2.53. The Morgan fingerprint density at radius 2 is 2.24 bits per heavy atom. The third kappa shape index (κ3) is 3.11. The number of hydrogen-bond acceptors (Lipinski definition) is 4. The minimum absolute atomic E-state index is 0.366. The lowest BCUT2D eigenvalue weighted by molar-refractivity contribution is 0.577. The molecule has 0 aliphatic heterocycles. The summed E-state index contributed by atoms with van der Waals surface area (Å²) in [6.45, 7) is 5.38. The highest BCUT2D eigenvalue weighted by Gasteiger charge is 2.10. The van der Waals surface area contributed by atoms with E-state index in [1.54, 1.807) is 17.5 Å². The van der Waals surface area contributed by atoms with Crippen LogP contribution in [0.4, 0.5) is 0 Å². The molecular formula is C13H17N3S. The number of nitrogens with zero attached hydrogens (tertiary/aromatic N) is 2. The minimum atomic E-state index is 0.366. The Morgan fingerprint density at radius 1 is 1.35 bits per heavy atom. The zero-order valence-corrected chi connectivity index (χ0v) is 11.0. The number of aromatic nitrogens is 2. The fourth-order valence-electron chi connectivity index (χ4n) is 1.56. The zero-order valence-electron chi connectivity index (χ0n) is 10.2. The zero-order chi connectivity index (χ0) is 12.1. The first-order chi connectivity index (χ1) is 8.31. The molecule has 3 nitrogen and oxygen atoms in total. The second-order valence-corrected chi connectivity index (χ2v) is 5.02. The van der Waals surface area contributed by atoms with Gasteiger partial charge in [0, 0.05) is 23.3 Å². The molecule has 0 saturated carbocycles. The van der Waals surface area contributed by atoms with Crippen LogP contribution in [0.5, 0.6) is 0 Å². The van der Waals surface area contributed by atoms with Crippen LogP contribution in [0.2, 0.25) is 0 Å². The van der Waals surface area contributed by atoms with Crippen LogP contribution < -0.4 is 5.32 Å². The van der Waals surface area contributed by atoms with Gasteiger partial charge in [-0.25, -0.2) is 4.98 Å². The van der Waals surface area contributed by atoms with Crippen molar-refractivity contribution in [3.8, 4) is 10.7 Å². The molecule has 1 unspecified atom stereocenters. The molecule has 2 aromatic rings. The average molecular weight is 247 g/mol. The summed E-state index contributed by atoms with van der Waals surface area (Å²) in [5, 5.41) is 4.45. The molecule has 0 saturated heterocycles. The van der Waals surface area contributed by atoms with Crippen molar-refractivity contribution >= 4 is 11.3 Å². The summed E-state index contributed by atoms with van der Waals surface area (Å²) in [6.07, 6.45) is 4.90. The van der Waals surface area contributed by atoms with Gasteiger partial charge >= 0.3 is 0 Å². The van der Waals surface area contributed by atoms with E-state index >= 15 is 0 Å². The molecule has 2 heterocycles. The van der Waals surface area contributed by atoms with Gasteiger partial charge in [0.25, 0.3) is 0 Å². The summed E-state index contributed by atoms with van der Waals surface area (Å²) in [4.78, 5) is 10.0. The lowest BCUT2D eigenvalue weighted by Crippen LogP contribution is -2.18. The summed E-state index contributed by atoms with van der Waals surface area (Å²) >= 11 is 1.71. The number of thiazole rings is 1. The Hall–Kier alpha value is -1.26. The van der Waals surface area contributed by atoms with E-state index in [1.165, 1.54) is 4.88 Å². The van der Waals surface area contributed by atoms with Crippen molar-refractivity contribution in [3.63, 3.8) is 0 Å². The van der Waals surface area contributed by atoms with Crippen molar-refractivity contribution in [1.29, 1.82) is 0 Å². The number of hydrogen-bond donors (Lipinski definition) is 1. The molecule has 0 fully saturated rings. The molecule has 17 heavy (non-hydrogen) atoms. The van der Waals surface area contributed by atoms with Crippen LogP contribution in [0.25, 0.3) is 10.7 Å². The predicted molar refractivity (Wildman–Crippen MR) is 72.1 cm³/mol. The van der Waals surface area contributed by atoms with E-state index in [1.807, 2.05) is 24.4 Å². The second kappa shape index (κ2) is 5.89. The Bertz CT molecular complexity index is 453. The van der Waals surface area contributed by atoms with Gasteiger partial charge in [-0.3, -0.25) is 4.98 Å². The van der Waals surface area contributed by atoms with Crippen molar-refractivity contribution in [2.45, 2.75) is 26.3 Å². The molecule has 0 aliphatic rings. The molecule has 2 aromatic heterocycles. The predicted octanol–water partition coefficient (Wildman–Crippen LogP) is 3.27. The largest absolute Gasteiger partial charge is 0.309 e. The number of pyridine rings is 1. The van der Waals surface area contributed by atoms with Gasteiger partial charge in [-0.1, -0.05) is 13.0 Å². The lowest BCUT2D eigenvalue weighted by atomic mass is 10.3. The van der Waals surface area contributed by atoms with E-state index in [-0.39, 0.29) is 0 Å². The smallest absolute Gasteiger partial charge is 0.142 e. The average Bonchev–Trinajstić information content (AvgIpc) is 2.86. The fraction of sp³-hybridized carbons (Fsp3) is 0.385. The molecule has 0 aliphatic carbocycles. The molecular weight excluding hydrogens is 230 g/mol. The first-order valence-electron chi connectivity index (χ1n) is 5.91. The topological polar surface area (TPSA) is 37.8 Å². The van der Waals surface area contributed by atoms with Gasteiger partial charge < -0.3 is 5.32 Å². The summed E-state index contributed by atoms with van der Waals surface area (Å²) in [6, 6.07) is 6.27. The first-order valence-corrected chi connectivity index (χ1v) is 6.73. The Morgan fingerprint density at radius 3 is 2.94 bits per heavy atom. The van der Waals surface area contributed by atoms with E-state index in [9.17, 15) is 0 Å². The summed E-state index contributed by atoms with van der Waals surface area (Å²) in [5.41, 5.74) is 0.950. The normalized spacial score (nSPS) is 12.6. The summed E-state index contributed by atoms with van der Waals surface area (Å²) in [7, 11) is 0. The van der Waals surface area contributed by atoms with Crippen LogP contribution in [0.3, 0.4) is 0 Å². The van der Waals surface area contributed by atoms with E-state index in [0.29, 0.717) is 6.04 Å². The van der Waals surface area contributed by atoms with Crippen molar-refractivity contribution < 1.29 is 0 Å². The quantitative estimate of drug-likeness (QED) is 0.881. The van der Waals surface area contributed by atoms with Gasteiger partial charge in [-0.2, -0.15) is 0 Å². The van der Waals surface area contributed by atoms with Gasteiger partial charge in [0.15, 0.2) is 0 Å². The van der Waals surface area contributed by atoms with Crippen LogP contribution in [0.1, 0.15) is 31.2 Å². The van der Waals surface area contributed by atoms with Crippen LogP contribution >= 0.6 is 11.3 Å². The van der Waals surface area contributed by atoms with Gasteiger partial charge in [0.05, 0.1) is 5.69 Å². The molecule has 0 radical (unpaired) electrons. The fourth-order valence-corrected chi connectivity index (χ4v) is 2.48. The highest BCUT2D eigenvalue weighted by Crippen LogP contribution is 2.27. The maximum Gasteiger partial charge on any atom is 0.142 e. The van der Waals surface area contributed by atoms with Crippen LogP contribution in [-0.4, -0.2) is 16.5 Å². The van der Waals surface area contributed by atoms with Crippen molar-refractivity contribution in [2.75, 3.05) is 6.54 Å². The first kappa shape index (κ1) is 12.2. The van der Waals surface area contributed by atoms with Crippen LogP contribution in [0, 0.1) is 0 Å². The molecule has 4 heteroatoms. The number of nitrogens with one attached hydrogen (secondary N) is 1. The van der Waals surface area contributed by atoms with E-state index < -0.39 is 0 Å². The van der Waals surface area contributed by atoms with Crippen molar-refractivity contribution in [1.82, 2.24) is 15.3 Å². The summed E-state index contributed by atoms with van der Waals surface area (Å²) < 4.78 is 0. The van der Waals surface area contributed by atoms with Crippen LogP contribution in [0.15, 0.2) is 30.6 Å². The monoisotopic (exact) mass is 247 g/mol. The third-order valence-corrected chi connectivity index (χ3v) is 3.74. The van der Waals surface area contributed by atoms with Gasteiger partial charge in [0.1, 0.15) is 5.01 Å². The van der Waals surface area contributed by atoms with Gasteiger partial charge in [-0.05, 0) is 32.0 Å². The van der Waals surface area contributed by atoms with Crippen LogP contribution in [-0.2, 0) is 0 Å².